The van der Waals surface area contributed by atoms with Crippen LogP contribution >= 0.6 is 0 Å². The smallest absolute Gasteiger partial charge is 0.227 e. The van der Waals surface area contributed by atoms with Crippen molar-refractivity contribution in [1.29, 1.82) is 0 Å². The van der Waals surface area contributed by atoms with E-state index in [0.29, 0.717) is 36.5 Å². The number of hydrogen-bond acceptors (Lipinski definition) is 6. The molecule has 2 amide bonds. The van der Waals surface area contributed by atoms with Gasteiger partial charge in [-0.3, -0.25) is 14.6 Å². The number of nitrogens with one attached hydrogen (secondary N) is 1. The van der Waals surface area contributed by atoms with Gasteiger partial charge in [-0.05, 0) is 30.9 Å². The van der Waals surface area contributed by atoms with Crippen molar-refractivity contribution in [3.05, 3.63) is 30.4 Å². The van der Waals surface area contributed by atoms with E-state index in [-0.39, 0.29) is 24.3 Å². The second-order valence-corrected chi connectivity index (χ2v) is 7.35. The predicted octanol–water partition coefficient (Wildman–Crippen LogP) is 1.44. The molecule has 2 atom stereocenters. The number of amides is 2. The van der Waals surface area contributed by atoms with E-state index in [2.05, 4.69) is 20.4 Å². The van der Waals surface area contributed by atoms with E-state index in [1.165, 1.54) is 12.8 Å². The minimum Gasteiger partial charge on any atom is -0.351 e. The molecule has 2 aromatic rings. The maximum absolute atomic E-state index is 12.4. The summed E-state index contributed by atoms with van der Waals surface area (Å²) in [6.07, 6.45) is 6.40. The first-order chi connectivity index (χ1) is 13.1. The topological polar surface area (TPSA) is 101 Å². The zero-order chi connectivity index (χ0) is 18.8. The lowest BCUT2D eigenvalue weighted by molar-refractivity contribution is -0.128. The van der Waals surface area contributed by atoms with E-state index in [1.807, 2.05) is 4.90 Å². The lowest BCUT2D eigenvalue weighted by atomic mass is 9.98. The van der Waals surface area contributed by atoms with Gasteiger partial charge < -0.3 is 14.7 Å². The summed E-state index contributed by atoms with van der Waals surface area (Å²) in [4.78, 5) is 34.2. The molecule has 27 heavy (non-hydrogen) atoms. The highest BCUT2D eigenvalue weighted by molar-refractivity contribution is 5.77. The molecule has 2 fully saturated rings. The standard InChI is InChI=1S/C19H23N5O3/c1-12(25)24-10-15(13-2-3-13)16(11-24)21-17(26)4-5-18-22-19(23-27-18)14-6-8-20-9-7-14/h6-9,13,15-16H,2-5,10-11H2,1H3,(H,21,26)/t15-,16+/m0/s1. The third-order valence-corrected chi connectivity index (χ3v) is 5.36. The Labute approximate surface area is 157 Å². The van der Waals surface area contributed by atoms with E-state index >= 15 is 0 Å². The van der Waals surface area contributed by atoms with Gasteiger partial charge in [-0.2, -0.15) is 4.98 Å². The van der Waals surface area contributed by atoms with Crippen LogP contribution in [0.5, 0.6) is 0 Å². The number of nitrogens with zero attached hydrogens (tertiary/aromatic N) is 4. The highest BCUT2D eigenvalue weighted by Gasteiger charge is 2.43. The van der Waals surface area contributed by atoms with Crippen LogP contribution in [0, 0.1) is 11.8 Å². The summed E-state index contributed by atoms with van der Waals surface area (Å²) in [5.41, 5.74) is 0.826. The Kier molecular flexibility index (Phi) is 4.87. The summed E-state index contributed by atoms with van der Waals surface area (Å²) in [6, 6.07) is 3.66. The lowest BCUT2D eigenvalue weighted by Crippen LogP contribution is -2.41. The Morgan fingerprint density at radius 3 is 2.74 bits per heavy atom. The molecule has 3 heterocycles. The van der Waals surface area contributed by atoms with Gasteiger partial charge in [0.1, 0.15) is 0 Å². The molecule has 1 saturated carbocycles. The first-order valence-electron chi connectivity index (χ1n) is 9.38. The van der Waals surface area contributed by atoms with Crippen molar-refractivity contribution in [2.24, 2.45) is 11.8 Å². The van der Waals surface area contributed by atoms with Crippen molar-refractivity contribution >= 4 is 11.8 Å². The maximum atomic E-state index is 12.4. The zero-order valence-electron chi connectivity index (χ0n) is 15.3. The number of rotatable bonds is 6. The van der Waals surface area contributed by atoms with Crippen molar-refractivity contribution < 1.29 is 14.1 Å². The Hall–Kier alpha value is -2.77. The third kappa shape index (κ3) is 4.15. The maximum Gasteiger partial charge on any atom is 0.227 e. The van der Waals surface area contributed by atoms with Gasteiger partial charge in [-0.15, -0.1) is 0 Å². The van der Waals surface area contributed by atoms with Gasteiger partial charge in [-0.25, -0.2) is 0 Å². The van der Waals surface area contributed by atoms with Crippen LogP contribution in [0.2, 0.25) is 0 Å². The number of carbonyl (C=O) groups is 2. The second kappa shape index (κ2) is 7.46. The SMILES string of the molecule is CC(=O)N1C[C@@H](NC(=O)CCc2nc(-c3ccncc3)no2)[C@H](C2CC2)C1. The monoisotopic (exact) mass is 369 g/mol. The van der Waals surface area contributed by atoms with E-state index in [9.17, 15) is 9.59 Å². The van der Waals surface area contributed by atoms with Crippen LogP contribution in [0.4, 0.5) is 0 Å². The quantitative estimate of drug-likeness (QED) is 0.827. The first kappa shape index (κ1) is 17.6. The molecule has 0 radical (unpaired) electrons. The third-order valence-electron chi connectivity index (χ3n) is 5.36. The summed E-state index contributed by atoms with van der Waals surface area (Å²) >= 11 is 0. The summed E-state index contributed by atoms with van der Waals surface area (Å²) in [7, 11) is 0. The lowest BCUT2D eigenvalue weighted by Gasteiger charge is -2.18. The Morgan fingerprint density at radius 1 is 1.26 bits per heavy atom. The molecular weight excluding hydrogens is 346 g/mol. The fourth-order valence-electron chi connectivity index (χ4n) is 3.71. The molecule has 2 aromatic heterocycles. The summed E-state index contributed by atoms with van der Waals surface area (Å²) in [5.74, 6) is 1.98. The summed E-state index contributed by atoms with van der Waals surface area (Å²) in [5, 5.41) is 7.06. The molecule has 8 heteroatoms. The van der Waals surface area contributed by atoms with Gasteiger partial charge in [0, 0.05) is 56.7 Å². The van der Waals surface area contributed by atoms with Crippen LogP contribution in [0.15, 0.2) is 29.0 Å². The molecule has 1 aliphatic carbocycles. The average Bonchev–Trinajstić information content (AvgIpc) is 3.25. The number of carbonyl (C=O) groups excluding carboxylic acids is 2. The van der Waals surface area contributed by atoms with E-state index < -0.39 is 0 Å². The van der Waals surface area contributed by atoms with Crippen molar-refractivity contribution in [1.82, 2.24) is 25.3 Å². The molecule has 4 rings (SSSR count). The minimum atomic E-state index is -0.0419. The summed E-state index contributed by atoms with van der Waals surface area (Å²) in [6.45, 7) is 2.95. The van der Waals surface area contributed by atoms with Crippen molar-refractivity contribution in [2.45, 2.75) is 38.6 Å². The van der Waals surface area contributed by atoms with Crippen molar-refractivity contribution in [3.8, 4) is 11.4 Å². The van der Waals surface area contributed by atoms with Crippen molar-refractivity contribution in [3.63, 3.8) is 0 Å². The molecule has 2 aliphatic rings. The predicted molar refractivity (Wildman–Crippen MR) is 96.2 cm³/mol. The largest absolute Gasteiger partial charge is 0.351 e. The van der Waals surface area contributed by atoms with Crippen LogP contribution in [0.1, 0.15) is 32.1 Å². The first-order valence-corrected chi connectivity index (χ1v) is 9.38. The van der Waals surface area contributed by atoms with Gasteiger partial charge >= 0.3 is 0 Å². The molecule has 1 N–H and O–H groups in total. The van der Waals surface area contributed by atoms with Crippen LogP contribution in [0.3, 0.4) is 0 Å². The Balaban J connectivity index is 1.31. The van der Waals surface area contributed by atoms with Crippen LogP contribution < -0.4 is 5.32 Å². The van der Waals surface area contributed by atoms with Gasteiger partial charge in [-0.1, -0.05) is 5.16 Å². The average molecular weight is 369 g/mol. The molecule has 0 aromatic carbocycles. The normalized spacial score (nSPS) is 22.0. The molecule has 1 saturated heterocycles. The number of pyridine rings is 1. The van der Waals surface area contributed by atoms with Gasteiger partial charge in [0.15, 0.2) is 0 Å². The van der Waals surface area contributed by atoms with Crippen LogP contribution in [-0.2, 0) is 16.0 Å². The van der Waals surface area contributed by atoms with E-state index in [1.54, 1.807) is 31.5 Å². The second-order valence-electron chi connectivity index (χ2n) is 7.35. The number of aromatic nitrogens is 3. The molecule has 1 aliphatic heterocycles. The van der Waals surface area contributed by atoms with E-state index in [0.717, 1.165) is 12.1 Å². The number of aryl methyl sites for hydroxylation is 1. The number of hydrogen-bond donors (Lipinski definition) is 1. The highest BCUT2D eigenvalue weighted by Crippen LogP contribution is 2.41. The van der Waals surface area contributed by atoms with Gasteiger partial charge in [0.25, 0.3) is 0 Å². The van der Waals surface area contributed by atoms with Crippen LogP contribution in [-0.4, -0.2) is 51.0 Å². The molecule has 0 bridgehead atoms. The molecular formula is C19H23N5O3. The van der Waals surface area contributed by atoms with Crippen LogP contribution in [0.25, 0.3) is 11.4 Å². The molecule has 0 unspecified atom stereocenters. The summed E-state index contributed by atoms with van der Waals surface area (Å²) < 4.78 is 5.24. The number of likely N-dealkylation sites (tertiary alicyclic amines) is 1. The van der Waals surface area contributed by atoms with E-state index in [4.69, 9.17) is 4.52 Å². The Morgan fingerprint density at radius 2 is 2.04 bits per heavy atom. The van der Waals surface area contributed by atoms with Gasteiger partial charge in [0.2, 0.25) is 23.5 Å². The molecule has 0 spiro atoms. The Bertz CT molecular complexity index is 818. The fourth-order valence-corrected chi connectivity index (χ4v) is 3.71. The minimum absolute atomic E-state index is 0.0419. The molecule has 8 nitrogen and oxygen atoms in total. The van der Waals surface area contributed by atoms with Crippen molar-refractivity contribution in [2.75, 3.05) is 13.1 Å². The zero-order valence-corrected chi connectivity index (χ0v) is 15.3. The fraction of sp³-hybridized carbons (Fsp3) is 0.526. The van der Waals surface area contributed by atoms with Gasteiger partial charge in [0.05, 0.1) is 6.04 Å². The molecule has 142 valence electrons. The highest BCUT2D eigenvalue weighted by atomic mass is 16.5.